The minimum Gasteiger partial charge on any atom is -0.462 e. The first kappa shape index (κ1) is 25.1. The summed E-state index contributed by atoms with van der Waals surface area (Å²) in [5.74, 6) is -0.854. The number of carbonyl (C=O) groups is 2. The summed E-state index contributed by atoms with van der Waals surface area (Å²) in [6.07, 6.45) is 3.29. The van der Waals surface area contributed by atoms with Crippen molar-refractivity contribution in [1.82, 2.24) is 14.5 Å². The van der Waals surface area contributed by atoms with Crippen LogP contribution in [-0.4, -0.2) is 51.4 Å². The molecular weight excluding hydrogens is 482 g/mol. The Balaban J connectivity index is 1.69. The highest BCUT2D eigenvalue weighted by atomic mass is 16.5. The maximum absolute atomic E-state index is 12.6. The maximum atomic E-state index is 12.6. The quantitative estimate of drug-likeness (QED) is 0.284. The van der Waals surface area contributed by atoms with E-state index in [1.807, 2.05) is 41.0 Å². The number of benzene rings is 2. The van der Waals surface area contributed by atoms with E-state index >= 15 is 0 Å². The van der Waals surface area contributed by atoms with E-state index in [0.717, 1.165) is 32.9 Å². The van der Waals surface area contributed by atoms with E-state index in [1.165, 1.54) is 0 Å². The Labute approximate surface area is 219 Å². The largest absolute Gasteiger partial charge is 0.462 e. The second kappa shape index (κ2) is 10.8. The molecule has 0 radical (unpaired) electrons. The number of hydrogen-bond acceptors (Lipinski definition) is 7. The number of nitrogens with zero attached hydrogens (tertiary/aromatic N) is 3. The van der Waals surface area contributed by atoms with Crippen molar-refractivity contribution in [2.45, 2.75) is 20.4 Å². The van der Waals surface area contributed by atoms with E-state index in [9.17, 15) is 14.7 Å². The lowest BCUT2D eigenvalue weighted by atomic mass is 10.0. The molecule has 2 aromatic carbocycles. The van der Waals surface area contributed by atoms with Gasteiger partial charge in [-0.1, -0.05) is 24.3 Å². The predicted molar refractivity (Wildman–Crippen MR) is 145 cm³/mol. The summed E-state index contributed by atoms with van der Waals surface area (Å²) >= 11 is 0. The molecule has 0 aliphatic carbocycles. The van der Waals surface area contributed by atoms with Crippen LogP contribution in [0.4, 0.5) is 0 Å². The zero-order valence-electron chi connectivity index (χ0n) is 21.2. The summed E-state index contributed by atoms with van der Waals surface area (Å²) in [5.41, 5.74) is 5.13. The molecule has 0 aliphatic rings. The van der Waals surface area contributed by atoms with Gasteiger partial charge in [0.05, 0.1) is 42.3 Å². The number of ether oxygens (including phenoxy) is 2. The van der Waals surface area contributed by atoms with Gasteiger partial charge in [0, 0.05) is 51.9 Å². The molecule has 0 atom stereocenters. The first-order chi connectivity index (χ1) is 18.6. The minimum absolute atomic E-state index is 0.0668. The van der Waals surface area contributed by atoms with Gasteiger partial charge in [0.1, 0.15) is 0 Å². The van der Waals surface area contributed by atoms with Crippen LogP contribution in [0.3, 0.4) is 0 Å². The predicted octanol–water partition coefficient (Wildman–Crippen LogP) is 5.26. The lowest BCUT2D eigenvalue weighted by Gasteiger charge is -2.10. The number of aliphatic hydroxyl groups is 1. The molecule has 0 bridgehead atoms. The average Bonchev–Trinajstić information content (AvgIpc) is 3.25. The van der Waals surface area contributed by atoms with Crippen LogP contribution in [0.5, 0.6) is 0 Å². The molecule has 0 fully saturated rings. The van der Waals surface area contributed by atoms with Crippen LogP contribution in [0.2, 0.25) is 0 Å². The van der Waals surface area contributed by atoms with Crippen molar-refractivity contribution in [3.05, 3.63) is 84.2 Å². The molecule has 8 nitrogen and oxygen atoms in total. The van der Waals surface area contributed by atoms with E-state index < -0.39 is 11.9 Å². The highest BCUT2D eigenvalue weighted by Crippen LogP contribution is 2.35. The standard InChI is InChI=1S/C30H27N3O5/c1-3-37-29(35)23-7-5-13-31-27(23)19-9-11-21-22-12-10-20(18-26(22)33(15-16-34)25(21)17-19)28-24(8-6-14-32-28)30(36)38-4-2/h5-14,17-18,34H,3-4,15-16H2,1-2H3. The summed E-state index contributed by atoms with van der Waals surface area (Å²) < 4.78 is 12.5. The van der Waals surface area contributed by atoms with Crippen LogP contribution in [0.15, 0.2) is 73.1 Å². The van der Waals surface area contributed by atoms with Gasteiger partial charge in [0.15, 0.2) is 0 Å². The van der Waals surface area contributed by atoms with Crippen molar-refractivity contribution in [2.24, 2.45) is 0 Å². The zero-order chi connectivity index (χ0) is 26.6. The molecule has 0 unspecified atom stereocenters. The van der Waals surface area contributed by atoms with Gasteiger partial charge < -0.3 is 19.1 Å². The third kappa shape index (κ3) is 4.50. The van der Waals surface area contributed by atoms with Crippen molar-refractivity contribution >= 4 is 33.7 Å². The van der Waals surface area contributed by atoms with Gasteiger partial charge >= 0.3 is 11.9 Å². The van der Waals surface area contributed by atoms with Crippen molar-refractivity contribution in [3.63, 3.8) is 0 Å². The Morgan fingerprint density at radius 2 is 1.24 bits per heavy atom. The van der Waals surface area contributed by atoms with Crippen molar-refractivity contribution < 1.29 is 24.2 Å². The van der Waals surface area contributed by atoms with E-state index in [2.05, 4.69) is 9.97 Å². The number of aromatic nitrogens is 3. The van der Waals surface area contributed by atoms with Crippen LogP contribution >= 0.6 is 0 Å². The Morgan fingerprint density at radius 1 is 0.763 bits per heavy atom. The van der Waals surface area contributed by atoms with Crippen molar-refractivity contribution in [3.8, 4) is 22.5 Å². The fourth-order valence-corrected chi connectivity index (χ4v) is 4.75. The van der Waals surface area contributed by atoms with E-state index in [1.54, 1.807) is 50.5 Å². The summed E-state index contributed by atoms with van der Waals surface area (Å²) in [5, 5.41) is 11.9. The maximum Gasteiger partial charge on any atom is 0.340 e. The third-order valence-corrected chi connectivity index (χ3v) is 6.34. The van der Waals surface area contributed by atoms with Crippen molar-refractivity contribution in [2.75, 3.05) is 19.8 Å². The molecule has 192 valence electrons. The van der Waals surface area contributed by atoms with Gasteiger partial charge in [-0.3, -0.25) is 9.97 Å². The topological polar surface area (TPSA) is 104 Å². The Morgan fingerprint density at radius 3 is 1.66 bits per heavy atom. The van der Waals surface area contributed by atoms with Gasteiger partial charge in [0.2, 0.25) is 0 Å². The normalized spacial score (nSPS) is 11.1. The summed E-state index contributed by atoms with van der Waals surface area (Å²) in [6.45, 7) is 4.36. The minimum atomic E-state index is -0.427. The molecule has 0 aliphatic heterocycles. The molecule has 3 aromatic heterocycles. The molecule has 3 heterocycles. The number of carbonyl (C=O) groups excluding carboxylic acids is 2. The van der Waals surface area contributed by atoms with Gasteiger partial charge in [-0.15, -0.1) is 0 Å². The van der Waals surface area contributed by atoms with Crippen molar-refractivity contribution in [1.29, 1.82) is 0 Å². The second-order valence-electron chi connectivity index (χ2n) is 8.58. The summed E-state index contributed by atoms with van der Waals surface area (Å²) in [7, 11) is 0. The molecule has 8 heteroatoms. The molecule has 38 heavy (non-hydrogen) atoms. The first-order valence-corrected chi connectivity index (χ1v) is 12.5. The second-order valence-corrected chi connectivity index (χ2v) is 8.58. The molecule has 5 rings (SSSR count). The number of hydrogen-bond donors (Lipinski definition) is 1. The molecule has 0 saturated heterocycles. The van der Waals surface area contributed by atoms with Gasteiger partial charge in [0.25, 0.3) is 0 Å². The summed E-state index contributed by atoms with van der Waals surface area (Å²) in [6, 6.07) is 18.6. The molecule has 0 saturated carbocycles. The van der Waals surface area contributed by atoms with E-state index in [4.69, 9.17) is 9.47 Å². The lowest BCUT2D eigenvalue weighted by Crippen LogP contribution is -2.07. The molecular formula is C30H27N3O5. The van der Waals surface area contributed by atoms with Crippen LogP contribution in [-0.2, 0) is 16.0 Å². The monoisotopic (exact) mass is 509 g/mol. The van der Waals surface area contributed by atoms with Crippen LogP contribution in [0, 0.1) is 0 Å². The molecule has 1 N–H and O–H groups in total. The first-order valence-electron chi connectivity index (χ1n) is 12.5. The van der Waals surface area contributed by atoms with Crippen LogP contribution in [0.25, 0.3) is 44.3 Å². The van der Waals surface area contributed by atoms with Crippen LogP contribution in [0.1, 0.15) is 34.6 Å². The number of esters is 2. The van der Waals surface area contributed by atoms with E-state index in [-0.39, 0.29) is 19.8 Å². The molecule has 5 aromatic rings. The van der Waals surface area contributed by atoms with E-state index in [0.29, 0.717) is 29.1 Å². The smallest absolute Gasteiger partial charge is 0.340 e. The Kier molecular flexibility index (Phi) is 7.15. The SMILES string of the molecule is CCOC(=O)c1cccnc1-c1ccc2c3ccc(-c4ncccc4C(=O)OCC)cc3n(CCO)c2c1. The Bertz CT molecular complexity index is 1540. The highest BCUT2D eigenvalue weighted by molar-refractivity contribution is 6.10. The van der Waals surface area contributed by atoms with Crippen LogP contribution < -0.4 is 0 Å². The summed E-state index contributed by atoms with van der Waals surface area (Å²) in [4.78, 5) is 34.1. The Hall–Kier alpha value is -4.56. The fraction of sp³-hybridized carbons (Fsp3) is 0.200. The van der Waals surface area contributed by atoms with Gasteiger partial charge in [-0.25, -0.2) is 9.59 Å². The zero-order valence-corrected chi connectivity index (χ0v) is 21.2. The average molecular weight is 510 g/mol. The lowest BCUT2D eigenvalue weighted by molar-refractivity contribution is 0.0517. The van der Waals surface area contributed by atoms with Gasteiger partial charge in [-0.2, -0.15) is 0 Å². The number of rotatable bonds is 8. The molecule has 0 spiro atoms. The third-order valence-electron chi connectivity index (χ3n) is 6.34. The number of pyridine rings is 2. The van der Waals surface area contributed by atoms with Gasteiger partial charge in [-0.05, 0) is 50.2 Å². The molecule has 0 amide bonds. The number of aliphatic hydroxyl groups excluding tert-OH is 1. The fourth-order valence-electron chi connectivity index (χ4n) is 4.75. The number of fused-ring (bicyclic) bond motifs is 3. The highest BCUT2D eigenvalue weighted by Gasteiger charge is 2.19.